The Kier molecular flexibility index (Phi) is 29.6. The lowest BCUT2D eigenvalue weighted by Crippen LogP contribution is -2.12. The quantitative estimate of drug-likeness (QED) is 0.0674. The molecular formula is C34H66O4. The van der Waals surface area contributed by atoms with E-state index in [9.17, 15) is 9.59 Å². The van der Waals surface area contributed by atoms with E-state index >= 15 is 0 Å². The molecule has 0 fully saturated rings. The lowest BCUT2D eigenvalue weighted by atomic mass is 9.95. The molecule has 4 nitrogen and oxygen atoms in total. The first-order valence-electron chi connectivity index (χ1n) is 16.9. The lowest BCUT2D eigenvalue weighted by molar-refractivity contribution is -0.145. The third kappa shape index (κ3) is 28.0. The summed E-state index contributed by atoms with van der Waals surface area (Å²) < 4.78 is 10.7. The largest absolute Gasteiger partial charge is 0.466 e. The van der Waals surface area contributed by atoms with Gasteiger partial charge in [0.2, 0.25) is 0 Å². The van der Waals surface area contributed by atoms with Crippen molar-refractivity contribution in [2.24, 2.45) is 5.92 Å². The summed E-state index contributed by atoms with van der Waals surface area (Å²) >= 11 is 0. The highest BCUT2D eigenvalue weighted by Crippen LogP contribution is 2.20. The Morgan fingerprint density at radius 2 is 0.868 bits per heavy atom. The number of carbonyl (C=O) groups is 2. The van der Waals surface area contributed by atoms with E-state index < -0.39 is 0 Å². The molecule has 0 N–H and O–H groups in total. The topological polar surface area (TPSA) is 52.6 Å². The van der Waals surface area contributed by atoms with Crippen molar-refractivity contribution in [3.05, 3.63) is 0 Å². The van der Waals surface area contributed by atoms with Crippen LogP contribution in [0.25, 0.3) is 0 Å². The number of ether oxygens (including phenoxy) is 2. The summed E-state index contributed by atoms with van der Waals surface area (Å²) in [6, 6.07) is 0. The third-order valence-corrected chi connectivity index (χ3v) is 7.80. The first-order chi connectivity index (χ1) is 18.6. The molecule has 0 aliphatic rings. The maximum atomic E-state index is 12.0. The molecule has 0 aliphatic heterocycles. The highest BCUT2D eigenvalue weighted by molar-refractivity contribution is 5.69. The minimum atomic E-state index is -0.00274. The average Bonchev–Trinajstić information content (AvgIpc) is 2.91. The van der Waals surface area contributed by atoms with Crippen LogP contribution in [0.15, 0.2) is 0 Å². The van der Waals surface area contributed by atoms with Gasteiger partial charge in [0.15, 0.2) is 0 Å². The van der Waals surface area contributed by atoms with E-state index in [-0.39, 0.29) is 11.9 Å². The van der Waals surface area contributed by atoms with Crippen LogP contribution in [0.5, 0.6) is 0 Å². The molecule has 0 amide bonds. The Hall–Kier alpha value is -1.06. The van der Waals surface area contributed by atoms with Crippen LogP contribution in [-0.4, -0.2) is 25.2 Å². The van der Waals surface area contributed by atoms with Crippen molar-refractivity contribution < 1.29 is 19.1 Å². The van der Waals surface area contributed by atoms with Gasteiger partial charge in [0.1, 0.15) is 0 Å². The van der Waals surface area contributed by atoms with Crippen LogP contribution in [0.4, 0.5) is 0 Å². The van der Waals surface area contributed by atoms with Gasteiger partial charge in [0.25, 0.3) is 0 Å². The summed E-state index contributed by atoms with van der Waals surface area (Å²) in [6.45, 7) is 7.81. The van der Waals surface area contributed by atoms with E-state index in [1.165, 1.54) is 122 Å². The third-order valence-electron chi connectivity index (χ3n) is 7.80. The van der Waals surface area contributed by atoms with Crippen molar-refractivity contribution in [3.8, 4) is 0 Å². The van der Waals surface area contributed by atoms with Crippen LogP contribution < -0.4 is 0 Å². The molecule has 0 aromatic heterocycles. The smallest absolute Gasteiger partial charge is 0.306 e. The number of carbonyl (C=O) groups excluding carboxylic acids is 2. The van der Waals surface area contributed by atoms with Gasteiger partial charge in [-0.05, 0) is 31.6 Å². The molecule has 0 spiro atoms. The molecule has 0 aliphatic carbocycles. The number of hydrogen-bond acceptors (Lipinski definition) is 4. The lowest BCUT2D eigenvalue weighted by Gasteiger charge is -2.14. The minimum absolute atomic E-state index is 0.00274. The fraction of sp³-hybridized carbons (Fsp3) is 0.941. The van der Waals surface area contributed by atoms with Crippen LogP contribution in [0, 0.1) is 5.92 Å². The first kappa shape index (κ1) is 36.9. The summed E-state index contributed by atoms with van der Waals surface area (Å²) in [5.74, 6) is 0.510. The van der Waals surface area contributed by atoms with Gasteiger partial charge < -0.3 is 9.47 Å². The van der Waals surface area contributed by atoms with Gasteiger partial charge in [-0.3, -0.25) is 9.59 Å². The summed E-state index contributed by atoms with van der Waals surface area (Å²) in [5.41, 5.74) is 0. The molecule has 1 unspecified atom stereocenters. The van der Waals surface area contributed by atoms with Gasteiger partial charge in [0, 0.05) is 12.8 Å². The van der Waals surface area contributed by atoms with Crippen molar-refractivity contribution >= 4 is 11.9 Å². The Labute approximate surface area is 237 Å². The maximum Gasteiger partial charge on any atom is 0.306 e. The molecule has 0 bridgehead atoms. The Morgan fingerprint density at radius 1 is 0.474 bits per heavy atom. The van der Waals surface area contributed by atoms with Crippen LogP contribution in [0.3, 0.4) is 0 Å². The SMILES string of the molecule is CCCCCCOC(=O)CCCCCCCCCCCCCCCCC(CC)CC(=O)OCCCCCC. The molecule has 0 heterocycles. The number of rotatable bonds is 30. The molecule has 0 rings (SSSR count). The van der Waals surface area contributed by atoms with Gasteiger partial charge in [-0.2, -0.15) is 0 Å². The Bertz CT molecular complexity index is 505. The zero-order chi connectivity index (χ0) is 27.9. The molecule has 0 radical (unpaired) electrons. The zero-order valence-electron chi connectivity index (χ0n) is 26.0. The Morgan fingerprint density at radius 3 is 1.32 bits per heavy atom. The van der Waals surface area contributed by atoms with E-state index in [0.29, 0.717) is 32.0 Å². The number of unbranched alkanes of at least 4 members (excludes halogenated alkanes) is 19. The summed E-state index contributed by atoms with van der Waals surface area (Å²) in [6.07, 6.45) is 30.9. The Balaban J connectivity index is 3.35. The van der Waals surface area contributed by atoms with Gasteiger partial charge >= 0.3 is 11.9 Å². The number of hydrogen-bond donors (Lipinski definition) is 0. The monoisotopic (exact) mass is 538 g/mol. The standard InChI is InChI=1S/C34H66O4/c1-4-7-9-25-29-37-33(35)28-24-22-20-18-16-14-12-11-13-15-17-19-21-23-27-32(6-3)31-34(36)38-30-26-10-8-5-2/h32H,4-31H2,1-3H3. The second-order valence-electron chi connectivity index (χ2n) is 11.5. The highest BCUT2D eigenvalue weighted by Gasteiger charge is 2.13. The fourth-order valence-corrected chi connectivity index (χ4v) is 5.07. The van der Waals surface area contributed by atoms with Crippen LogP contribution in [0.1, 0.15) is 188 Å². The second-order valence-corrected chi connectivity index (χ2v) is 11.5. The molecule has 0 aromatic carbocycles. The molecule has 0 saturated carbocycles. The van der Waals surface area contributed by atoms with E-state index in [0.717, 1.165) is 32.1 Å². The molecule has 1 atom stereocenters. The first-order valence-corrected chi connectivity index (χ1v) is 16.9. The van der Waals surface area contributed by atoms with Crippen molar-refractivity contribution in [2.45, 2.75) is 188 Å². The van der Waals surface area contributed by atoms with Gasteiger partial charge in [-0.15, -0.1) is 0 Å². The van der Waals surface area contributed by atoms with Crippen molar-refractivity contribution in [3.63, 3.8) is 0 Å². The second kappa shape index (κ2) is 30.5. The van der Waals surface area contributed by atoms with Crippen LogP contribution in [0.2, 0.25) is 0 Å². The fourth-order valence-electron chi connectivity index (χ4n) is 5.07. The average molecular weight is 539 g/mol. The van der Waals surface area contributed by atoms with E-state index in [1.54, 1.807) is 0 Å². The predicted octanol–water partition coefficient (Wildman–Crippen LogP) is 10.9. The highest BCUT2D eigenvalue weighted by atomic mass is 16.5. The number of esters is 2. The molecule has 4 heteroatoms. The van der Waals surface area contributed by atoms with Crippen molar-refractivity contribution in [1.29, 1.82) is 0 Å². The molecule has 226 valence electrons. The van der Waals surface area contributed by atoms with Gasteiger partial charge in [-0.25, -0.2) is 0 Å². The summed E-state index contributed by atoms with van der Waals surface area (Å²) in [4.78, 5) is 23.7. The molecule has 0 saturated heterocycles. The molecule has 38 heavy (non-hydrogen) atoms. The zero-order valence-corrected chi connectivity index (χ0v) is 26.0. The molecular weight excluding hydrogens is 472 g/mol. The van der Waals surface area contributed by atoms with Crippen LogP contribution >= 0.6 is 0 Å². The predicted molar refractivity (Wildman–Crippen MR) is 162 cm³/mol. The van der Waals surface area contributed by atoms with E-state index in [2.05, 4.69) is 20.8 Å². The van der Waals surface area contributed by atoms with Crippen LogP contribution in [-0.2, 0) is 19.1 Å². The normalized spacial score (nSPS) is 12.0. The van der Waals surface area contributed by atoms with E-state index in [1.807, 2.05) is 0 Å². The van der Waals surface area contributed by atoms with Gasteiger partial charge in [0.05, 0.1) is 13.2 Å². The van der Waals surface area contributed by atoms with Gasteiger partial charge in [-0.1, -0.05) is 149 Å². The minimum Gasteiger partial charge on any atom is -0.466 e. The van der Waals surface area contributed by atoms with Crippen molar-refractivity contribution in [1.82, 2.24) is 0 Å². The molecule has 0 aromatic rings. The summed E-state index contributed by atoms with van der Waals surface area (Å²) in [7, 11) is 0. The maximum absolute atomic E-state index is 12.0. The van der Waals surface area contributed by atoms with Crippen molar-refractivity contribution in [2.75, 3.05) is 13.2 Å². The van der Waals surface area contributed by atoms with E-state index in [4.69, 9.17) is 9.47 Å². The summed E-state index contributed by atoms with van der Waals surface area (Å²) in [5, 5.41) is 0.